The van der Waals surface area contributed by atoms with Crippen molar-refractivity contribution in [2.24, 2.45) is 0 Å². The fourth-order valence-corrected chi connectivity index (χ4v) is 4.03. The van der Waals surface area contributed by atoms with E-state index in [1.165, 1.54) is 11.1 Å². The molecule has 2 atom stereocenters. The van der Waals surface area contributed by atoms with Gasteiger partial charge in [-0.3, -0.25) is 14.4 Å². The standard InChI is InChI=1S/C22H26N4O2/c1-16-7-8-22(28-16)20-14-25(15-21(20)24-17(2)27)12-18-5-3-6-19(11-18)13-26-10-4-9-23-26/h3-11,20-21H,12-15H2,1-2H3,(H,24,27)/t20-,21-/m1/s1. The van der Waals surface area contributed by atoms with Crippen molar-refractivity contribution in [2.45, 2.75) is 38.9 Å². The molecule has 4 rings (SSSR count). The van der Waals surface area contributed by atoms with Gasteiger partial charge < -0.3 is 9.73 Å². The first-order valence-electron chi connectivity index (χ1n) is 9.68. The first-order valence-corrected chi connectivity index (χ1v) is 9.68. The molecule has 3 heterocycles. The number of nitrogens with zero attached hydrogens (tertiary/aromatic N) is 3. The normalized spacial score (nSPS) is 19.8. The Hall–Kier alpha value is -2.86. The monoisotopic (exact) mass is 378 g/mol. The third kappa shape index (κ3) is 4.34. The average Bonchev–Trinajstić information content (AvgIpc) is 3.37. The van der Waals surface area contributed by atoms with Gasteiger partial charge in [0.1, 0.15) is 11.5 Å². The van der Waals surface area contributed by atoms with Crippen LogP contribution in [0.2, 0.25) is 0 Å². The van der Waals surface area contributed by atoms with Gasteiger partial charge in [0.25, 0.3) is 0 Å². The average molecular weight is 378 g/mol. The Labute approximate surface area is 165 Å². The number of aromatic nitrogens is 2. The Morgan fingerprint density at radius 3 is 2.68 bits per heavy atom. The van der Waals surface area contributed by atoms with Gasteiger partial charge in [0.2, 0.25) is 5.91 Å². The zero-order valence-electron chi connectivity index (χ0n) is 16.3. The van der Waals surface area contributed by atoms with Crippen LogP contribution in [0.25, 0.3) is 0 Å². The van der Waals surface area contributed by atoms with E-state index >= 15 is 0 Å². The van der Waals surface area contributed by atoms with Crippen LogP contribution in [0.5, 0.6) is 0 Å². The van der Waals surface area contributed by atoms with Gasteiger partial charge in [0.15, 0.2) is 0 Å². The molecule has 6 heteroatoms. The molecule has 1 aliphatic heterocycles. The number of carbonyl (C=O) groups excluding carboxylic acids is 1. The second-order valence-corrected chi connectivity index (χ2v) is 7.58. The van der Waals surface area contributed by atoms with Gasteiger partial charge in [0.05, 0.1) is 18.5 Å². The van der Waals surface area contributed by atoms with E-state index in [1.54, 1.807) is 13.1 Å². The molecule has 0 saturated carbocycles. The summed E-state index contributed by atoms with van der Waals surface area (Å²) in [5.41, 5.74) is 2.50. The highest BCUT2D eigenvalue weighted by Gasteiger charge is 2.36. The SMILES string of the molecule is CC(=O)N[C@@H]1CN(Cc2cccc(Cn3cccn3)c2)C[C@H]1c1ccc(C)o1. The molecule has 0 aliphatic carbocycles. The molecule has 1 N–H and O–H groups in total. The van der Waals surface area contributed by atoms with E-state index in [-0.39, 0.29) is 17.9 Å². The van der Waals surface area contributed by atoms with Gasteiger partial charge in [-0.2, -0.15) is 5.10 Å². The Kier molecular flexibility index (Phi) is 5.30. The van der Waals surface area contributed by atoms with Crippen molar-refractivity contribution >= 4 is 5.91 Å². The van der Waals surface area contributed by atoms with Gasteiger partial charge in [-0.05, 0) is 36.2 Å². The lowest BCUT2D eigenvalue weighted by atomic mass is 10.0. The van der Waals surface area contributed by atoms with E-state index in [2.05, 4.69) is 39.6 Å². The lowest BCUT2D eigenvalue weighted by Crippen LogP contribution is -2.38. The maximum absolute atomic E-state index is 11.7. The fraction of sp³-hybridized carbons (Fsp3) is 0.364. The predicted molar refractivity (Wildman–Crippen MR) is 107 cm³/mol. The second-order valence-electron chi connectivity index (χ2n) is 7.58. The van der Waals surface area contributed by atoms with Gasteiger partial charge >= 0.3 is 0 Å². The smallest absolute Gasteiger partial charge is 0.217 e. The summed E-state index contributed by atoms with van der Waals surface area (Å²) in [6, 6.07) is 14.6. The molecule has 1 amide bonds. The maximum Gasteiger partial charge on any atom is 0.217 e. The third-order valence-corrected chi connectivity index (χ3v) is 5.21. The van der Waals surface area contributed by atoms with Crippen molar-refractivity contribution in [3.8, 4) is 0 Å². The molecular formula is C22H26N4O2. The topological polar surface area (TPSA) is 63.3 Å². The van der Waals surface area contributed by atoms with Crippen LogP contribution in [0.1, 0.15) is 35.5 Å². The number of likely N-dealkylation sites (tertiary alicyclic amines) is 1. The van der Waals surface area contributed by atoms with Crippen molar-refractivity contribution < 1.29 is 9.21 Å². The highest BCUT2D eigenvalue weighted by atomic mass is 16.3. The number of hydrogen-bond acceptors (Lipinski definition) is 4. The van der Waals surface area contributed by atoms with Crippen LogP contribution < -0.4 is 5.32 Å². The summed E-state index contributed by atoms with van der Waals surface area (Å²) >= 11 is 0. The summed E-state index contributed by atoms with van der Waals surface area (Å²) < 4.78 is 7.80. The van der Waals surface area contributed by atoms with Crippen LogP contribution in [-0.2, 0) is 17.9 Å². The van der Waals surface area contributed by atoms with Crippen LogP contribution in [0.15, 0.2) is 59.3 Å². The lowest BCUT2D eigenvalue weighted by Gasteiger charge is -2.17. The van der Waals surface area contributed by atoms with Crippen LogP contribution in [0.3, 0.4) is 0 Å². The van der Waals surface area contributed by atoms with E-state index in [0.29, 0.717) is 0 Å². The minimum absolute atomic E-state index is 0.00125. The van der Waals surface area contributed by atoms with Crippen molar-refractivity contribution in [2.75, 3.05) is 13.1 Å². The summed E-state index contributed by atoms with van der Waals surface area (Å²) in [5.74, 6) is 2.03. The lowest BCUT2D eigenvalue weighted by molar-refractivity contribution is -0.119. The van der Waals surface area contributed by atoms with Gasteiger partial charge in [-0.25, -0.2) is 0 Å². The summed E-state index contributed by atoms with van der Waals surface area (Å²) in [6.07, 6.45) is 3.77. The van der Waals surface area contributed by atoms with Crippen LogP contribution in [-0.4, -0.2) is 39.7 Å². The Morgan fingerprint density at radius 2 is 2.00 bits per heavy atom. The zero-order valence-corrected chi connectivity index (χ0v) is 16.3. The van der Waals surface area contributed by atoms with Crippen molar-refractivity contribution in [3.05, 3.63) is 77.5 Å². The number of benzene rings is 1. The summed E-state index contributed by atoms with van der Waals surface area (Å²) in [4.78, 5) is 14.1. The molecule has 146 valence electrons. The number of rotatable bonds is 6. The molecule has 1 fully saturated rings. The number of hydrogen-bond donors (Lipinski definition) is 1. The molecule has 28 heavy (non-hydrogen) atoms. The quantitative estimate of drug-likeness (QED) is 0.716. The second kappa shape index (κ2) is 8.02. The highest BCUT2D eigenvalue weighted by molar-refractivity contribution is 5.73. The molecule has 0 spiro atoms. The largest absolute Gasteiger partial charge is 0.466 e. The Bertz CT molecular complexity index is 932. The molecular weight excluding hydrogens is 352 g/mol. The Morgan fingerprint density at radius 1 is 1.18 bits per heavy atom. The molecule has 1 aromatic carbocycles. The number of carbonyl (C=O) groups is 1. The first kappa shape index (κ1) is 18.5. The van der Waals surface area contributed by atoms with Gasteiger partial charge in [-0.1, -0.05) is 24.3 Å². The number of nitrogens with one attached hydrogen (secondary N) is 1. The van der Waals surface area contributed by atoms with Crippen molar-refractivity contribution in [1.29, 1.82) is 0 Å². The van der Waals surface area contributed by atoms with Gasteiger partial charge in [-0.15, -0.1) is 0 Å². The molecule has 0 unspecified atom stereocenters. The van der Waals surface area contributed by atoms with E-state index in [9.17, 15) is 4.79 Å². The van der Waals surface area contributed by atoms with E-state index in [4.69, 9.17) is 4.42 Å². The molecule has 6 nitrogen and oxygen atoms in total. The minimum atomic E-state index is 0.00125. The molecule has 0 radical (unpaired) electrons. The molecule has 1 aliphatic rings. The van der Waals surface area contributed by atoms with E-state index < -0.39 is 0 Å². The summed E-state index contributed by atoms with van der Waals surface area (Å²) in [5, 5.41) is 7.39. The van der Waals surface area contributed by atoms with Crippen LogP contribution >= 0.6 is 0 Å². The first-order chi connectivity index (χ1) is 13.6. The van der Waals surface area contributed by atoms with Gasteiger partial charge in [0, 0.05) is 39.0 Å². The molecule has 0 bridgehead atoms. The summed E-state index contributed by atoms with van der Waals surface area (Å²) in [6.45, 7) is 6.82. The number of amides is 1. The Balaban J connectivity index is 1.46. The molecule has 2 aromatic heterocycles. The zero-order chi connectivity index (χ0) is 19.5. The van der Waals surface area contributed by atoms with E-state index in [0.717, 1.165) is 37.7 Å². The molecule has 3 aromatic rings. The van der Waals surface area contributed by atoms with Crippen LogP contribution in [0.4, 0.5) is 0 Å². The van der Waals surface area contributed by atoms with Crippen molar-refractivity contribution in [3.63, 3.8) is 0 Å². The van der Waals surface area contributed by atoms with Crippen molar-refractivity contribution in [1.82, 2.24) is 20.0 Å². The van der Waals surface area contributed by atoms with Crippen LogP contribution in [0, 0.1) is 6.92 Å². The number of aryl methyl sites for hydroxylation is 1. The number of furan rings is 1. The third-order valence-electron chi connectivity index (χ3n) is 5.21. The highest BCUT2D eigenvalue weighted by Crippen LogP contribution is 2.30. The molecule has 1 saturated heterocycles. The maximum atomic E-state index is 11.7. The minimum Gasteiger partial charge on any atom is -0.466 e. The summed E-state index contributed by atoms with van der Waals surface area (Å²) in [7, 11) is 0. The van der Waals surface area contributed by atoms with E-state index in [1.807, 2.05) is 36.0 Å². The fourth-order valence-electron chi connectivity index (χ4n) is 4.03. The predicted octanol–water partition coefficient (Wildman–Crippen LogP) is 2.94.